The molecule has 2 aromatic heterocycles. The van der Waals surface area contributed by atoms with Gasteiger partial charge in [-0.2, -0.15) is 5.10 Å². The van der Waals surface area contributed by atoms with E-state index in [0.29, 0.717) is 35.9 Å². The Morgan fingerprint density at radius 1 is 1.29 bits per heavy atom. The molecule has 2 atom stereocenters. The molecule has 2 unspecified atom stereocenters. The summed E-state index contributed by atoms with van der Waals surface area (Å²) in [6, 6.07) is 0. The van der Waals surface area contributed by atoms with E-state index in [-0.39, 0.29) is 30.2 Å². The molecule has 1 saturated carbocycles. The van der Waals surface area contributed by atoms with Gasteiger partial charge in [0.2, 0.25) is 5.92 Å². The zero-order valence-corrected chi connectivity index (χ0v) is 13.6. The Balaban J connectivity index is 1.72. The van der Waals surface area contributed by atoms with Gasteiger partial charge in [-0.05, 0) is 25.3 Å². The Labute approximate surface area is 137 Å². The highest BCUT2D eigenvalue weighted by Gasteiger charge is 2.37. The van der Waals surface area contributed by atoms with E-state index < -0.39 is 5.92 Å². The highest BCUT2D eigenvalue weighted by atomic mass is 19.3. The van der Waals surface area contributed by atoms with Crippen molar-refractivity contribution in [2.45, 2.75) is 50.4 Å². The highest BCUT2D eigenvalue weighted by molar-refractivity contribution is 5.42. The van der Waals surface area contributed by atoms with Gasteiger partial charge in [-0.1, -0.05) is 6.92 Å². The molecular formula is C16H21F2N5O. The van der Waals surface area contributed by atoms with E-state index in [1.165, 1.54) is 6.20 Å². The monoisotopic (exact) mass is 337 g/mol. The minimum atomic E-state index is -2.58. The first-order valence-corrected chi connectivity index (χ1v) is 8.51. The Morgan fingerprint density at radius 3 is 2.71 bits per heavy atom. The van der Waals surface area contributed by atoms with Gasteiger partial charge >= 0.3 is 0 Å². The predicted octanol–water partition coefficient (Wildman–Crippen LogP) is 2.03. The molecule has 8 heteroatoms. The van der Waals surface area contributed by atoms with Crippen molar-refractivity contribution in [1.82, 2.24) is 24.9 Å². The zero-order chi connectivity index (χ0) is 16.9. The van der Waals surface area contributed by atoms with E-state index in [1.807, 2.05) is 0 Å². The Kier molecular flexibility index (Phi) is 3.67. The molecule has 3 heterocycles. The summed E-state index contributed by atoms with van der Waals surface area (Å²) in [4.78, 5) is 19.6. The van der Waals surface area contributed by atoms with Crippen LogP contribution in [0, 0.1) is 5.92 Å². The second-order valence-corrected chi connectivity index (χ2v) is 7.13. The number of aromatic nitrogens is 4. The van der Waals surface area contributed by atoms with E-state index in [1.54, 1.807) is 4.52 Å². The Bertz CT molecular complexity index is 804. The van der Waals surface area contributed by atoms with Crippen LogP contribution in [0.5, 0.6) is 0 Å². The third-order valence-corrected chi connectivity index (χ3v) is 5.40. The van der Waals surface area contributed by atoms with Crippen LogP contribution in [0.4, 0.5) is 8.78 Å². The molecule has 2 N–H and O–H groups in total. The lowest BCUT2D eigenvalue weighted by Crippen LogP contribution is -2.26. The Morgan fingerprint density at radius 2 is 2.04 bits per heavy atom. The number of nitrogens with one attached hydrogen (secondary N) is 2. The molecule has 0 spiro atoms. The second kappa shape index (κ2) is 5.61. The summed E-state index contributed by atoms with van der Waals surface area (Å²) in [7, 11) is 0. The average Bonchev–Trinajstić information content (AvgIpc) is 3.14. The molecular weight excluding hydrogens is 316 g/mol. The molecule has 0 bridgehead atoms. The number of hydrogen-bond donors (Lipinski definition) is 2. The molecule has 6 nitrogen and oxygen atoms in total. The fraction of sp³-hybridized carbons (Fsp3) is 0.688. The van der Waals surface area contributed by atoms with Crippen molar-refractivity contribution in [2.24, 2.45) is 5.92 Å². The smallest absolute Gasteiger partial charge is 0.276 e. The minimum Gasteiger partial charge on any atom is -0.316 e. The maximum atomic E-state index is 13.4. The van der Waals surface area contributed by atoms with Crippen molar-refractivity contribution in [3.05, 3.63) is 28.2 Å². The topological polar surface area (TPSA) is 75.1 Å². The normalized spacial score (nSPS) is 27.8. The number of aromatic amines is 1. The number of H-pyrrole nitrogens is 1. The minimum absolute atomic E-state index is 0.0756. The largest absolute Gasteiger partial charge is 0.316 e. The van der Waals surface area contributed by atoms with Gasteiger partial charge in [0.15, 0.2) is 5.52 Å². The van der Waals surface area contributed by atoms with Gasteiger partial charge in [0.1, 0.15) is 11.6 Å². The van der Waals surface area contributed by atoms with Crippen molar-refractivity contribution in [3.8, 4) is 0 Å². The molecule has 1 saturated heterocycles. The zero-order valence-electron chi connectivity index (χ0n) is 13.6. The van der Waals surface area contributed by atoms with Crippen molar-refractivity contribution in [1.29, 1.82) is 0 Å². The van der Waals surface area contributed by atoms with Crippen LogP contribution >= 0.6 is 0 Å². The highest BCUT2D eigenvalue weighted by Crippen LogP contribution is 2.40. The van der Waals surface area contributed by atoms with Crippen LogP contribution in [0.3, 0.4) is 0 Å². The van der Waals surface area contributed by atoms with Gasteiger partial charge in [0, 0.05) is 31.2 Å². The van der Waals surface area contributed by atoms with E-state index in [9.17, 15) is 13.6 Å². The lowest BCUT2D eigenvalue weighted by Gasteiger charge is -2.27. The third-order valence-electron chi connectivity index (χ3n) is 5.40. The first-order valence-electron chi connectivity index (χ1n) is 8.51. The van der Waals surface area contributed by atoms with E-state index in [4.69, 9.17) is 0 Å². The van der Waals surface area contributed by atoms with Crippen LogP contribution in [0.2, 0.25) is 0 Å². The van der Waals surface area contributed by atoms with Crippen LogP contribution in [0.1, 0.15) is 56.1 Å². The number of halogens is 2. The fourth-order valence-electron chi connectivity index (χ4n) is 3.85. The third kappa shape index (κ3) is 2.62. The van der Waals surface area contributed by atoms with Gasteiger partial charge in [-0.25, -0.2) is 18.3 Å². The molecule has 4 rings (SSSR count). The van der Waals surface area contributed by atoms with E-state index >= 15 is 0 Å². The molecule has 2 aliphatic rings. The van der Waals surface area contributed by atoms with Gasteiger partial charge in [-0.3, -0.25) is 4.79 Å². The number of rotatable bonds is 2. The first-order chi connectivity index (χ1) is 11.4. The van der Waals surface area contributed by atoms with Crippen molar-refractivity contribution < 1.29 is 8.78 Å². The fourth-order valence-corrected chi connectivity index (χ4v) is 3.85. The summed E-state index contributed by atoms with van der Waals surface area (Å²) < 4.78 is 28.4. The summed E-state index contributed by atoms with van der Waals surface area (Å²) in [5.74, 6) is -0.853. The molecule has 2 aromatic rings. The van der Waals surface area contributed by atoms with Crippen LogP contribution in [0.25, 0.3) is 5.52 Å². The number of imidazole rings is 1. The van der Waals surface area contributed by atoms with Gasteiger partial charge in [0.25, 0.3) is 5.56 Å². The van der Waals surface area contributed by atoms with E-state index in [2.05, 4.69) is 27.3 Å². The molecule has 1 aliphatic carbocycles. The van der Waals surface area contributed by atoms with Gasteiger partial charge in [-0.15, -0.1) is 0 Å². The quantitative estimate of drug-likeness (QED) is 0.879. The number of alkyl halides is 2. The van der Waals surface area contributed by atoms with Crippen molar-refractivity contribution >= 4 is 5.52 Å². The van der Waals surface area contributed by atoms with Crippen molar-refractivity contribution in [2.75, 3.05) is 13.1 Å². The molecule has 1 aliphatic heterocycles. The van der Waals surface area contributed by atoms with Crippen LogP contribution in [-0.2, 0) is 0 Å². The molecule has 2 fully saturated rings. The Hall–Kier alpha value is -1.83. The van der Waals surface area contributed by atoms with Crippen molar-refractivity contribution in [3.63, 3.8) is 0 Å². The lowest BCUT2D eigenvalue weighted by molar-refractivity contribution is -0.0388. The summed E-state index contributed by atoms with van der Waals surface area (Å²) in [6.45, 7) is 3.78. The first kappa shape index (κ1) is 15.7. The van der Waals surface area contributed by atoms with Gasteiger partial charge in [0.05, 0.1) is 6.20 Å². The number of fused-ring (bicyclic) bond motifs is 1. The molecule has 0 amide bonds. The standard InChI is InChI=1S/C16H21F2N5O/c1-9-6-19-7-11(9)13-21-15(24)12-8-20-14(23(12)22-13)10-2-4-16(17,18)5-3-10/h8-11,19H,2-7H2,1H3,(H,21,22,24). The molecule has 130 valence electrons. The lowest BCUT2D eigenvalue weighted by atomic mass is 9.86. The number of hydrogen-bond acceptors (Lipinski definition) is 4. The maximum Gasteiger partial charge on any atom is 0.276 e. The summed E-state index contributed by atoms with van der Waals surface area (Å²) >= 11 is 0. The summed E-state index contributed by atoms with van der Waals surface area (Å²) in [5, 5.41) is 7.91. The molecule has 24 heavy (non-hydrogen) atoms. The summed E-state index contributed by atoms with van der Waals surface area (Å²) in [6.07, 6.45) is 1.97. The predicted molar refractivity (Wildman–Crippen MR) is 84.5 cm³/mol. The molecule has 0 radical (unpaired) electrons. The van der Waals surface area contributed by atoms with Crippen LogP contribution in [-0.4, -0.2) is 38.6 Å². The van der Waals surface area contributed by atoms with Crippen LogP contribution < -0.4 is 10.9 Å². The summed E-state index contributed by atoms with van der Waals surface area (Å²) in [5.41, 5.74) is 0.156. The van der Waals surface area contributed by atoms with Crippen LogP contribution in [0.15, 0.2) is 11.0 Å². The molecule has 0 aromatic carbocycles. The van der Waals surface area contributed by atoms with Gasteiger partial charge < -0.3 is 10.3 Å². The maximum absolute atomic E-state index is 13.4. The average molecular weight is 337 g/mol. The van der Waals surface area contributed by atoms with E-state index in [0.717, 1.165) is 13.1 Å². The SMILES string of the molecule is CC1CNCC1c1nn2c(C3CCC(F)(F)CC3)ncc2c(=O)[nH]1. The number of nitrogens with zero attached hydrogens (tertiary/aromatic N) is 3. The second-order valence-electron chi connectivity index (χ2n) is 7.13.